The molecule has 1 aliphatic heterocycles. The summed E-state index contributed by atoms with van der Waals surface area (Å²) in [5.74, 6) is 5.86. The van der Waals surface area contributed by atoms with Crippen molar-refractivity contribution in [2.75, 3.05) is 18.6 Å². The molecule has 3 N–H and O–H groups in total. The van der Waals surface area contributed by atoms with E-state index < -0.39 is 17.6 Å². The van der Waals surface area contributed by atoms with E-state index in [0.717, 1.165) is 0 Å². The van der Waals surface area contributed by atoms with Crippen LogP contribution < -0.4 is 19.6 Å². The van der Waals surface area contributed by atoms with Crippen molar-refractivity contribution in [1.82, 2.24) is 15.4 Å². The SMILES string of the molecule is CC(C)C[n+]1cnc(C(=O)NC2COc3ccc(C#CC(C)(C)O)cc3N(C)C2=O)[nH]1. The van der Waals surface area contributed by atoms with Gasteiger partial charge in [-0.15, -0.1) is 0 Å². The number of rotatable bonds is 4. The van der Waals surface area contributed by atoms with Crippen molar-refractivity contribution in [1.29, 1.82) is 0 Å². The highest BCUT2D eigenvalue weighted by atomic mass is 16.5. The molecule has 1 atom stereocenters. The van der Waals surface area contributed by atoms with Crippen molar-refractivity contribution in [2.24, 2.45) is 5.92 Å². The van der Waals surface area contributed by atoms with E-state index in [0.29, 0.717) is 29.5 Å². The summed E-state index contributed by atoms with van der Waals surface area (Å²) in [6.07, 6.45) is 1.55. The van der Waals surface area contributed by atoms with Crippen LogP contribution in [0.4, 0.5) is 5.69 Å². The Labute approximate surface area is 181 Å². The number of aliphatic hydroxyl groups is 1. The van der Waals surface area contributed by atoms with E-state index in [4.69, 9.17) is 4.74 Å². The Morgan fingerprint density at radius 2 is 2.23 bits per heavy atom. The molecule has 1 aliphatic rings. The zero-order valence-electron chi connectivity index (χ0n) is 18.4. The summed E-state index contributed by atoms with van der Waals surface area (Å²) in [5.41, 5.74) is 0.0495. The van der Waals surface area contributed by atoms with Crippen molar-refractivity contribution in [3.05, 3.63) is 35.9 Å². The maximum absolute atomic E-state index is 13.0. The van der Waals surface area contributed by atoms with E-state index in [1.165, 1.54) is 4.90 Å². The van der Waals surface area contributed by atoms with Crippen LogP contribution in [0.2, 0.25) is 0 Å². The van der Waals surface area contributed by atoms with Crippen molar-refractivity contribution >= 4 is 17.5 Å². The maximum Gasteiger partial charge on any atom is 0.340 e. The Morgan fingerprint density at radius 3 is 2.90 bits per heavy atom. The number of benzene rings is 1. The highest BCUT2D eigenvalue weighted by Crippen LogP contribution is 2.31. The summed E-state index contributed by atoms with van der Waals surface area (Å²) < 4.78 is 7.51. The van der Waals surface area contributed by atoms with Crippen LogP contribution in [0, 0.1) is 17.8 Å². The average molecular weight is 426 g/mol. The first-order chi connectivity index (χ1) is 14.5. The third kappa shape index (κ3) is 5.61. The standard InChI is InChI=1S/C22H27N5O4/c1-14(2)11-27-13-23-19(25-27)20(28)24-16-12-31-18-7-6-15(8-9-22(3,4)30)10-17(18)26(5)21(16)29/h6-7,10,13-14,16,30H,11-12H2,1-5H3,(H,24,28)/p+1. The number of carbonyl (C=O) groups excluding carboxylic acids is 2. The first-order valence-corrected chi connectivity index (χ1v) is 10.1. The number of fused-ring (bicyclic) bond motifs is 1. The first-order valence-electron chi connectivity index (χ1n) is 10.1. The third-order valence-electron chi connectivity index (χ3n) is 4.53. The Morgan fingerprint density at radius 1 is 1.48 bits per heavy atom. The summed E-state index contributed by atoms with van der Waals surface area (Å²) in [5, 5.41) is 15.4. The summed E-state index contributed by atoms with van der Waals surface area (Å²) in [4.78, 5) is 31.1. The van der Waals surface area contributed by atoms with E-state index in [1.54, 1.807) is 50.1 Å². The van der Waals surface area contributed by atoms with E-state index in [1.807, 2.05) is 0 Å². The number of anilines is 1. The van der Waals surface area contributed by atoms with E-state index in [9.17, 15) is 14.7 Å². The molecule has 0 aliphatic carbocycles. The number of amides is 2. The molecule has 2 heterocycles. The van der Waals surface area contributed by atoms with Crippen LogP contribution in [0.25, 0.3) is 0 Å². The number of H-pyrrole nitrogens is 1. The van der Waals surface area contributed by atoms with Crippen LogP contribution in [0.15, 0.2) is 24.5 Å². The number of nitrogens with zero attached hydrogens (tertiary/aromatic N) is 3. The molecule has 0 bridgehead atoms. The van der Waals surface area contributed by atoms with Crippen LogP contribution in [0.1, 0.15) is 43.9 Å². The second-order valence-electron chi connectivity index (χ2n) is 8.48. The van der Waals surface area contributed by atoms with Crippen LogP contribution >= 0.6 is 0 Å². The quantitative estimate of drug-likeness (QED) is 0.491. The number of nitrogens with one attached hydrogen (secondary N) is 2. The lowest BCUT2D eigenvalue weighted by Gasteiger charge is -2.19. The molecule has 164 valence electrons. The molecule has 2 aromatic rings. The molecule has 1 aromatic carbocycles. The fourth-order valence-corrected chi connectivity index (χ4v) is 3.05. The predicted octanol–water partition coefficient (Wildman–Crippen LogP) is 0.629. The zero-order valence-corrected chi connectivity index (χ0v) is 18.4. The van der Waals surface area contributed by atoms with E-state index in [-0.39, 0.29) is 18.3 Å². The fourth-order valence-electron chi connectivity index (χ4n) is 3.05. The topological polar surface area (TPSA) is 111 Å². The molecule has 0 saturated carbocycles. The minimum absolute atomic E-state index is 0.0106. The summed E-state index contributed by atoms with van der Waals surface area (Å²) in [6, 6.07) is 4.32. The summed E-state index contributed by atoms with van der Waals surface area (Å²) in [7, 11) is 1.62. The largest absolute Gasteiger partial charge is 0.489 e. The van der Waals surface area contributed by atoms with Gasteiger partial charge in [-0.1, -0.05) is 25.7 Å². The molecule has 1 unspecified atom stereocenters. The smallest absolute Gasteiger partial charge is 0.340 e. The minimum Gasteiger partial charge on any atom is -0.489 e. The van der Waals surface area contributed by atoms with E-state index >= 15 is 0 Å². The van der Waals surface area contributed by atoms with Gasteiger partial charge in [0, 0.05) is 12.6 Å². The molecule has 31 heavy (non-hydrogen) atoms. The van der Waals surface area contributed by atoms with Gasteiger partial charge < -0.3 is 20.1 Å². The molecule has 9 heteroatoms. The molecule has 0 saturated heterocycles. The number of aromatic nitrogens is 3. The Bertz CT molecular complexity index is 1040. The first kappa shape index (κ1) is 22.3. The monoisotopic (exact) mass is 426 g/mol. The second kappa shape index (κ2) is 8.78. The summed E-state index contributed by atoms with van der Waals surface area (Å²) in [6.45, 7) is 8.00. The molecular weight excluding hydrogens is 398 g/mol. The molecular formula is C22H28N5O4+. The maximum atomic E-state index is 13.0. The van der Waals surface area contributed by atoms with E-state index in [2.05, 4.69) is 41.1 Å². The van der Waals surface area contributed by atoms with Gasteiger partial charge in [-0.2, -0.15) is 9.78 Å². The Hall–Kier alpha value is -3.38. The molecule has 3 rings (SSSR count). The normalized spacial score (nSPS) is 16.2. The van der Waals surface area contributed by atoms with Gasteiger partial charge in [-0.05, 0) is 42.9 Å². The number of hydrogen-bond acceptors (Lipinski definition) is 5. The van der Waals surface area contributed by atoms with Crippen LogP contribution in [0.3, 0.4) is 0 Å². The van der Waals surface area contributed by atoms with Gasteiger partial charge in [0.1, 0.15) is 30.5 Å². The van der Waals surface area contributed by atoms with Gasteiger partial charge in [-0.25, -0.2) is 0 Å². The number of hydrogen-bond donors (Lipinski definition) is 3. The fraction of sp³-hybridized carbons (Fsp3) is 0.455. The number of aromatic amines is 1. The van der Waals surface area contributed by atoms with Crippen LogP contribution in [0.5, 0.6) is 5.75 Å². The van der Waals surface area contributed by atoms with Crippen molar-refractivity contribution in [3.63, 3.8) is 0 Å². The highest BCUT2D eigenvalue weighted by molar-refractivity contribution is 6.02. The van der Waals surface area contributed by atoms with Crippen molar-refractivity contribution < 1.29 is 24.1 Å². The molecule has 1 aromatic heterocycles. The Kier molecular flexibility index (Phi) is 6.32. The number of likely N-dealkylation sites (N-methyl/N-ethyl adjacent to an activating group) is 1. The minimum atomic E-state index is -1.13. The summed E-state index contributed by atoms with van der Waals surface area (Å²) >= 11 is 0. The van der Waals surface area contributed by atoms with Gasteiger partial charge in [0.15, 0.2) is 0 Å². The van der Waals surface area contributed by atoms with Gasteiger partial charge in [0.25, 0.3) is 5.91 Å². The molecule has 2 amide bonds. The zero-order chi connectivity index (χ0) is 22.8. The molecule has 0 fully saturated rings. The Balaban J connectivity index is 1.75. The third-order valence-corrected chi connectivity index (χ3v) is 4.53. The average Bonchev–Trinajstić information content (AvgIpc) is 3.11. The van der Waals surface area contributed by atoms with Crippen molar-refractivity contribution in [2.45, 2.75) is 45.9 Å². The van der Waals surface area contributed by atoms with Gasteiger partial charge in [-0.3, -0.25) is 9.59 Å². The van der Waals surface area contributed by atoms with Gasteiger partial charge >= 0.3 is 18.1 Å². The number of carbonyl (C=O) groups is 2. The second-order valence-corrected chi connectivity index (χ2v) is 8.48. The van der Waals surface area contributed by atoms with Gasteiger partial charge in [0.2, 0.25) is 0 Å². The lowest BCUT2D eigenvalue weighted by atomic mass is 10.1. The molecule has 0 spiro atoms. The van der Waals surface area contributed by atoms with Gasteiger partial charge in [0.05, 0.1) is 5.69 Å². The molecule has 9 nitrogen and oxygen atoms in total. The predicted molar refractivity (Wildman–Crippen MR) is 113 cm³/mol. The lowest BCUT2D eigenvalue weighted by molar-refractivity contribution is -0.756. The van der Waals surface area contributed by atoms with Crippen LogP contribution in [-0.2, 0) is 11.3 Å². The highest BCUT2D eigenvalue weighted by Gasteiger charge is 2.32. The molecule has 0 radical (unpaired) electrons. The lowest BCUT2D eigenvalue weighted by Crippen LogP contribution is -2.49. The van der Waals surface area contributed by atoms with Crippen molar-refractivity contribution in [3.8, 4) is 17.6 Å². The number of ether oxygens (including phenoxy) is 1. The van der Waals surface area contributed by atoms with Crippen LogP contribution in [-0.4, -0.2) is 52.3 Å².